The van der Waals surface area contributed by atoms with Crippen molar-refractivity contribution in [2.24, 2.45) is 0 Å². The van der Waals surface area contributed by atoms with Crippen LogP contribution in [0.25, 0.3) is 0 Å². The quantitative estimate of drug-likeness (QED) is 0.580. The molecule has 0 aromatic heterocycles. The maximum Gasteiger partial charge on any atom is 0.260 e. The zero-order valence-electron chi connectivity index (χ0n) is 19.0. The maximum absolute atomic E-state index is 13.0. The third kappa shape index (κ3) is 6.54. The van der Waals surface area contributed by atoms with Crippen LogP contribution in [0.15, 0.2) is 42.5 Å². The molecule has 0 aliphatic carbocycles. The molecule has 5 nitrogen and oxygen atoms in total. The van der Waals surface area contributed by atoms with E-state index in [-0.39, 0.29) is 18.3 Å². The van der Waals surface area contributed by atoms with Crippen LogP contribution in [0.3, 0.4) is 0 Å². The van der Waals surface area contributed by atoms with Gasteiger partial charge in [-0.1, -0.05) is 19.1 Å². The number of rotatable bonds is 9. The maximum atomic E-state index is 13.0. The van der Waals surface area contributed by atoms with E-state index in [1.165, 1.54) is 29.8 Å². The van der Waals surface area contributed by atoms with Gasteiger partial charge in [0.05, 0.1) is 11.6 Å². The highest BCUT2D eigenvalue weighted by Crippen LogP contribution is 2.26. The Balaban J connectivity index is 1.38. The first-order valence-electron chi connectivity index (χ1n) is 11.4. The second-order valence-electron chi connectivity index (χ2n) is 8.40. The van der Waals surface area contributed by atoms with Crippen LogP contribution in [0.2, 0.25) is 0 Å². The van der Waals surface area contributed by atoms with Gasteiger partial charge in [0, 0.05) is 26.2 Å². The number of piperazine rings is 1. The zero-order chi connectivity index (χ0) is 22.9. The minimum absolute atomic E-state index is 0.0200. The predicted octanol–water partition coefficient (Wildman–Crippen LogP) is 4.50. The molecule has 3 rings (SSSR count). The molecule has 0 spiro atoms. The van der Waals surface area contributed by atoms with Crippen molar-refractivity contribution in [3.05, 3.63) is 65.0 Å². The Labute approximate surface area is 190 Å². The highest BCUT2D eigenvalue weighted by molar-refractivity contribution is 5.77. The number of nitriles is 1. The Hall–Kier alpha value is -2.91. The van der Waals surface area contributed by atoms with Crippen molar-refractivity contribution in [2.75, 3.05) is 39.3 Å². The SMILES string of the molecule is CCC(CCCN1CCN(C(=O)COc2ccc(F)cc2)CC1)c1ccc(C#N)c(C)c1. The lowest BCUT2D eigenvalue weighted by Crippen LogP contribution is -2.50. The molecule has 1 unspecified atom stereocenters. The normalized spacial score (nSPS) is 15.2. The van der Waals surface area contributed by atoms with Gasteiger partial charge in [0.25, 0.3) is 5.91 Å². The van der Waals surface area contributed by atoms with E-state index in [1.807, 2.05) is 17.9 Å². The molecule has 0 radical (unpaired) electrons. The van der Waals surface area contributed by atoms with Crippen molar-refractivity contribution in [2.45, 2.75) is 39.0 Å². The van der Waals surface area contributed by atoms with Gasteiger partial charge in [0.1, 0.15) is 11.6 Å². The van der Waals surface area contributed by atoms with Gasteiger partial charge in [-0.05, 0) is 80.1 Å². The molecule has 0 bridgehead atoms. The first-order valence-corrected chi connectivity index (χ1v) is 11.4. The third-order valence-electron chi connectivity index (χ3n) is 6.26. The van der Waals surface area contributed by atoms with Crippen molar-refractivity contribution >= 4 is 5.91 Å². The first-order chi connectivity index (χ1) is 15.5. The molecule has 1 atom stereocenters. The van der Waals surface area contributed by atoms with Gasteiger partial charge >= 0.3 is 0 Å². The van der Waals surface area contributed by atoms with Crippen LogP contribution in [0.4, 0.5) is 4.39 Å². The highest BCUT2D eigenvalue weighted by Gasteiger charge is 2.21. The summed E-state index contributed by atoms with van der Waals surface area (Å²) in [6, 6.07) is 14.1. The van der Waals surface area contributed by atoms with Crippen molar-refractivity contribution < 1.29 is 13.9 Å². The molecule has 0 N–H and O–H groups in total. The van der Waals surface area contributed by atoms with Crippen LogP contribution in [0, 0.1) is 24.1 Å². The molecule has 2 aromatic rings. The molecule has 0 saturated carbocycles. The second-order valence-corrected chi connectivity index (χ2v) is 8.40. The molecule has 1 aliphatic rings. The topological polar surface area (TPSA) is 56.6 Å². The minimum Gasteiger partial charge on any atom is -0.484 e. The Morgan fingerprint density at radius 2 is 1.88 bits per heavy atom. The Morgan fingerprint density at radius 3 is 2.50 bits per heavy atom. The Kier molecular flexibility index (Phi) is 8.64. The van der Waals surface area contributed by atoms with Crippen molar-refractivity contribution in [3.8, 4) is 11.8 Å². The largest absolute Gasteiger partial charge is 0.484 e. The third-order valence-corrected chi connectivity index (χ3v) is 6.26. The average molecular weight is 438 g/mol. The molecule has 1 heterocycles. The van der Waals surface area contributed by atoms with E-state index in [2.05, 4.69) is 30.0 Å². The van der Waals surface area contributed by atoms with Gasteiger partial charge in [-0.2, -0.15) is 5.26 Å². The highest BCUT2D eigenvalue weighted by atomic mass is 19.1. The number of amides is 1. The summed E-state index contributed by atoms with van der Waals surface area (Å²) in [5, 5.41) is 9.14. The number of aryl methyl sites for hydroxylation is 1. The molecule has 1 saturated heterocycles. The van der Waals surface area contributed by atoms with Crippen molar-refractivity contribution in [3.63, 3.8) is 0 Å². The van der Waals surface area contributed by atoms with Gasteiger partial charge in [-0.15, -0.1) is 0 Å². The monoisotopic (exact) mass is 437 g/mol. The minimum atomic E-state index is -0.322. The lowest BCUT2D eigenvalue weighted by molar-refractivity contribution is -0.135. The summed E-state index contributed by atoms with van der Waals surface area (Å²) in [6.45, 7) is 8.38. The van der Waals surface area contributed by atoms with E-state index in [1.54, 1.807) is 0 Å². The molecule has 1 fully saturated rings. The van der Waals surface area contributed by atoms with Crippen LogP contribution in [0.1, 0.15) is 48.8 Å². The van der Waals surface area contributed by atoms with Crippen LogP contribution >= 0.6 is 0 Å². The number of hydrogen-bond donors (Lipinski definition) is 0. The molecule has 6 heteroatoms. The van der Waals surface area contributed by atoms with E-state index >= 15 is 0 Å². The molecule has 32 heavy (non-hydrogen) atoms. The predicted molar refractivity (Wildman–Crippen MR) is 123 cm³/mol. The fraction of sp³-hybridized carbons (Fsp3) is 0.462. The summed E-state index contributed by atoms with van der Waals surface area (Å²) in [6.07, 6.45) is 3.31. The van der Waals surface area contributed by atoms with Crippen LogP contribution < -0.4 is 4.74 Å². The van der Waals surface area contributed by atoms with Gasteiger partial charge in [0.15, 0.2) is 6.61 Å². The number of hydrogen-bond acceptors (Lipinski definition) is 4. The van der Waals surface area contributed by atoms with Gasteiger partial charge in [-0.25, -0.2) is 4.39 Å². The molecular formula is C26H32FN3O2. The Morgan fingerprint density at radius 1 is 1.16 bits per heavy atom. The van der Waals surface area contributed by atoms with Crippen LogP contribution in [-0.2, 0) is 4.79 Å². The van der Waals surface area contributed by atoms with E-state index in [4.69, 9.17) is 10.00 Å². The molecular weight excluding hydrogens is 405 g/mol. The number of benzene rings is 2. The lowest BCUT2D eigenvalue weighted by atomic mass is 9.90. The van der Waals surface area contributed by atoms with Crippen molar-refractivity contribution in [1.29, 1.82) is 5.26 Å². The molecule has 1 amide bonds. The summed E-state index contributed by atoms with van der Waals surface area (Å²) in [7, 11) is 0. The van der Waals surface area contributed by atoms with Gasteiger partial charge in [-0.3, -0.25) is 9.69 Å². The van der Waals surface area contributed by atoms with E-state index in [0.717, 1.165) is 50.0 Å². The standard InChI is InChI=1S/C26H32FN3O2/c1-3-21(22-6-7-23(18-28)20(2)17-22)5-4-12-29-13-15-30(16-14-29)26(31)19-32-25-10-8-24(27)9-11-25/h6-11,17,21H,3-5,12-16,19H2,1-2H3. The average Bonchev–Trinajstić information content (AvgIpc) is 2.81. The summed E-state index contributed by atoms with van der Waals surface area (Å²) in [5.74, 6) is 0.655. The van der Waals surface area contributed by atoms with Gasteiger partial charge < -0.3 is 9.64 Å². The first kappa shape index (κ1) is 23.7. The van der Waals surface area contributed by atoms with Gasteiger partial charge in [0.2, 0.25) is 0 Å². The Bertz CT molecular complexity index is 931. The van der Waals surface area contributed by atoms with E-state index < -0.39 is 0 Å². The lowest BCUT2D eigenvalue weighted by Gasteiger charge is -2.35. The van der Waals surface area contributed by atoms with Crippen LogP contribution in [0.5, 0.6) is 5.75 Å². The zero-order valence-corrected chi connectivity index (χ0v) is 19.0. The number of carbonyl (C=O) groups excluding carboxylic acids is 1. The van der Waals surface area contributed by atoms with E-state index in [9.17, 15) is 9.18 Å². The summed E-state index contributed by atoms with van der Waals surface area (Å²) in [4.78, 5) is 16.7. The second kappa shape index (κ2) is 11.6. The molecule has 1 aliphatic heterocycles. The molecule has 2 aromatic carbocycles. The van der Waals surface area contributed by atoms with Crippen molar-refractivity contribution in [1.82, 2.24) is 9.80 Å². The number of nitrogens with zero attached hydrogens (tertiary/aromatic N) is 3. The summed E-state index contributed by atoms with van der Waals surface area (Å²) in [5.41, 5.74) is 3.12. The summed E-state index contributed by atoms with van der Waals surface area (Å²) < 4.78 is 18.4. The summed E-state index contributed by atoms with van der Waals surface area (Å²) >= 11 is 0. The van der Waals surface area contributed by atoms with E-state index in [0.29, 0.717) is 24.8 Å². The smallest absolute Gasteiger partial charge is 0.260 e. The fourth-order valence-electron chi connectivity index (χ4n) is 4.22. The number of halogens is 1. The number of carbonyl (C=O) groups is 1. The number of ether oxygens (including phenoxy) is 1. The molecule has 170 valence electrons. The van der Waals surface area contributed by atoms with Crippen LogP contribution in [-0.4, -0.2) is 55.0 Å². The fourth-order valence-corrected chi connectivity index (χ4v) is 4.22.